The predicted octanol–water partition coefficient (Wildman–Crippen LogP) is 29.0. The summed E-state index contributed by atoms with van der Waals surface area (Å²) in [7, 11) is 2.36. The fourth-order valence-corrected chi connectivity index (χ4v) is 15.9. The van der Waals surface area contributed by atoms with Gasteiger partial charge in [-0.3, -0.25) is 9.59 Å². The van der Waals surface area contributed by atoms with Crippen LogP contribution in [-0.4, -0.2) is 126 Å². The van der Waals surface area contributed by atoms with Crippen molar-refractivity contribution in [2.45, 2.75) is 479 Å². The molecule has 622 valence electrons. The minimum Gasteiger partial charge on any atom is -0.465 e. The van der Waals surface area contributed by atoms with Crippen LogP contribution >= 0.6 is 0 Å². The third-order valence-electron chi connectivity index (χ3n) is 23.2. The molecular weight excluding hydrogens is 1280 g/mol. The molecule has 0 aromatic heterocycles. The van der Waals surface area contributed by atoms with Crippen molar-refractivity contribution in [1.29, 1.82) is 0 Å². The fraction of sp³-hybridized carbons (Fsp3) is 0.979. The van der Waals surface area contributed by atoms with Crippen molar-refractivity contribution in [3.05, 3.63) is 0 Å². The van der Waals surface area contributed by atoms with E-state index >= 15 is 0 Å². The zero-order valence-corrected chi connectivity index (χ0v) is 72.7. The lowest BCUT2D eigenvalue weighted by Gasteiger charge is -2.26. The highest BCUT2D eigenvalue weighted by atomic mass is 16.5. The van der Waals surface area contributed by atoms with Gasteiger partial charge in [0.05, 0.1) is 13.2 Å². The molecule has 0 amide bonds. The average molecular weight is 1470 g/mol. The Morgan fingerprint density at radius 3 is 0.692 bits per heavy atom. The van der Waals surface area contributed by atoms with Gasteiger partial charge < -0.3 is 33.6 Å². The topological polar surface area (TPSA) is 80.8 Å². The van der Waals surface area contributed by atoms with Crippen LogP contribution in [0.5, 0.6) is 0 Å². The van der Waals surface area contributed by atoms with Crippen LogP contribution in [0.4, 0.5) is 0 Å². The summed E-state index contributed by atoms with van der Waals surface area (Å²) in [5, 5.41) is 0. The molecule has 0 spiro atoms. The van der Waals surface area contributed by atoms with Crippen molar-refractivity contribution in [3.8, 4) is 0 Å². The van der Waals surface area contributed by atoms with Crippen LogP contribution in [0.2, 0.25) is 0 Å². The molecule has 0 saturated heterocycles. The second kappa shape index (κ2) is 85.7. The predicted molar refractivity (Wildman–Crippen MR) is 458 cm³/mol. The Hall–Kier alpha value is -1.26. The fourth-order valence-electron chi connectivity index (χ4n) is 15.9. The first kappa shape index (κ1) is 103. The summed E-state index contributed by atoms with van der Waals surface area (Å²) in [6, 6.07) is 0. The van der Waals surface area contributed by atoms with E-state index in [0.717, 1.165) is 116 Å². The summed E-state index contributed by atoms with van der Waals surface area (Å²) in [5.41, 5.74) is 0. The molecule has 0 saturated carbocycles. The third kappa shape index (κ3) is 76.1. The van der Waals surface area contributed by atoms with Gasteiger partial charge in [0.15, 0.2) is 0 Å². The highest BCUT2D eigenvalue weighted by Gasteiger charge is 2.17. The zero-order chi connectivity index (χ0) is 75.6. The Morgan fingerprint density at radius 1 is 0.221 bits per heavy atom. The summed E-state index contributed by atoms with van der Waals surface area (Å²) in [4.78, 5) is 34.5. The molecule has 4 atom stereocenters. The van der Waals surface area contributed by atoms with E-state index in [1.807, 2.05) is 0 Å². The van der Waals surface area contributed by atoms with Crippen LogP contribution in [-0.2, 0) is 28.5 Å². The molecule has 104 heavy (non-hydrogen) atoms. The molecule has 4 unspecified atom stereocenters. The molecule has 9 heteroatoms. The Bertz CT molecular complexity index is 1540. The van der Waals surface area contributed by atoms with Crippen molar-refractivity contribution >= 4 is 11.9 Å². The van der Waals surface area contributed by atoms with Crippen LogP contribution in [0.25, 0.3) is 0 Å². The Morgan fingerprint density at radius 2 is 0.423 bits per heavy atom. The summed E-state index contributed by atoms with van der Waals surface area (Å²) in [6.45, 7) is 32.6. The molecular formula is C95H191N3O6. The van der Waals surface area contributed by atoms with Crippen molar-refractivity contribution in [1.82, 2.24) is 14.7 Å². The van der Waals surface area contributed by atoms with E-state index in [-0.39, 0.29) is 11.9 Å². The van der Waals surface area contributed by atoms with Crippen LogP contribution in [0, 0.1) is 23.7 Å². The molecule has 0 fully saturated rings. The number of carbonyl (C=O) groups is 2. The second-order valence-corrected chi connectivity index (χ2v) is 33.7. The van der Waals surface area contributed by atoms with Gasteiger partial charge in [-0.25, -0.2) is 0 Å². The number of hydrogen-bond acceptors (Lipinski definition) is 9. The second-order valence-electron chi connectivity index (χ2n) is 33.7. The SMILES string of the molecule is CCCCCCCCC(CCCCCC)COCCCCCCN(CCCCCC(=O)OCC(CCCCCC)CCCCCCCC)CCCN(C)CCCN(CCCCCCOCC(CCCCCC)CCCCCCCC)CCCCCC(=O)OCC(CCCCCC)CCCCCCCC. The molecule has 0 rings (SSSR count). The summed E-state index contributed by atoms with van der Waals surface area (Å²) in [6.07, 6.45) is 83.7. The van der Waals surface area contributed by atoms with Gasteiger partial charge in [0.1, 0.15) is 0 Å². The van der Waals surface area contributed by atoms with Crippen molar-refractivity contribution in [2.24, 2.45) is 23.7 Å². The number of ether oxygens (including phenoxy) is 4. The molecule has 0 aromatic carbocycles. The van der Waals surface area contributed by atoms with E-state index in [1.54, 1.807) is 0 Å². The van der Waals surface area contributed by atoms with Gasteiger partial charge in [-0.1, -0.05) is 351 Å². The first-order chi connectivity index (χ1) is 51.2. The van der Waals surface area contributed by atoms with E-state index in [4.69, 9.17) is 18.9 Å². The van der Waals surface area contributed by atoms with E-state index < -0.39 is 0 Å². The van der Waals surface area contributed by atoms with E-state index in [1.165, 1.54) is 385 Å². The Balaban J connectivity index is 5.69. The summed E-state index contributed by atoms with van der Waals surface area (Å²) < 4.78 is 24.9. The Labute approximate surface area is 653 Å². The standard InChI is InChI=1S/C95H191N3O6/c1-10-18-26-34-38-52-68-90(66-48-30-22-14-5)86-101-84-62-44-42-58-78-97(80-60-46-56-74-94(99)103-88-92(70-50-32-24-16-7)72-54-40-36-28-20-12-3)82-64-76-96(9)77-65-83-98(79-59-43-45-63-85-102-87-91(67-49-31-23-15-6)69-53-39-35-27-19-11-2)81-61-47-57-75-95(100)104-89-93(71-51-33-25-17-8)73-55-41-37-29-21-13-4/h90-93H,10-89H2,1-9H3. The van der Waals surface area contributed by atoms with Crippen LogP contribution in [0.1, 0.15) is 479 Å². The van der Waals surface area contributed by atoms with Gasteiger partial charge in [-0.2, -0.15) is 0 Å². The number of carbonyl (C=O) groups excluding carboxylic acids is 2. The first-order valence-electron chi connectivity index (χ1n) is 47.8. The van der Waals surface area contributed by atoms with Crippen molar-refractivity contribution in [2.75, 3.05) is 99.0 Å². The van der Waals surface area contributed by atoms with Gasteiger partial charge in [0, 0.05) is 39.3 Å². The number of unbranched alkanes of at least 4 members (excludes halogenated alkanes) is 42. The normalized spacial score (nSPS) is 13.1. The quantitative estimate of drug-likeness (QED) is 0.0437. The lowest BCUT2D eigenvalue weighted by atomic mass is 9.95. The van der Waals surface area contributed by atoms with E-state index in [9.17, 15) is 9.59 Å². The van der Waals surface area contributed by atoms with Crippen molar-refractivity contribution in [3.63, 3.8) is 0 Å². The van der Waals surface area contributed by atoms with Gasteiger partial charge in [0.2, 0.25) is 0 Å². The molecule has 9 nitrogen and oxygen atoms in total. The third-order valence-corrected chi connectivity index (χ3v) is 23.2. The minimum absolute atomic E-state index is 0.0277. The van der Waals surface area contributed by atoms with Crippen molar-refractivity contribution < 1.29 is 28.5 Å². The number of esters is 2. The van der Waals surface area contributed by atoms with Gasteiger partial charge in [0.25, 0.3) is 0 Å². The summed E-state index contributed by atoms with van der Waals surface area (Å²) in [5.74, 6) is 2.59. The minimum atomic E-state index is 0.0277. The molecule has 0 N–H and O–H groups in total. The lowest BCUT2D eigenvalue weighted by Crippen LogP contribution is -2.32. The first-order valence-corrected chi connectivity index (χ1v) is 47.8. The van der Waals surface area contributed by atoms with Crippen LogP contribution in [0.15, 0.2) is 0 Å². The molecule has 0 aliphatic carbocycles. The smallest absolute Gasteiger partial charge is 0.305 e. The molecule has 0 aromatic rings. The molecule has 0 aliphatic heterocycles. The maximum atomic E-state index is 13.2. The lowest BCUT2D eigenvalue weighted by molar-refractivity contribution is -0.146. The molecule has 0 aliphatic rings. The number of hydrogen-bond donors (Lipinski definition) is 0. The van der Waals surface area contributed by atoms with Gasteiger partial charge in [-0.05, 0) is 199 Å². The largest absolute Gasteiger partial charge is 0.465 e. The number of rotatable bonds is 90. The zero-order valence-electron chi connectivity index (χ0n) is 72.7. The van der Waals surface area contributed by atoms with Gasteiger partial charge >= 0.3 is 11.9 Å². The molecule has 0 bridgehead atoms. The van der Waals surface area contributed by atoms with E-state index in [2.05, 4.69) is 77.1 Å². The van der Waals surface area contributed by atoms with E-state index in [0.29, 0.717) is 37.9 Å². The Kier molecular flexibility index (Phi) is 84.7. The average Bonchev–Trinajstić information content (AvgIpc) is 1.54. The monoisotopic (exact) mass is 1470 g/mol. The number of nitrogens with zero attached hydrogens (tertiary/aromatic N) is 3. The molecule has 0 radical (unpaired) electrons. The highest BCUT2D eigenvalue weighted by Crippen LogP contribution is 2.25. The van der Waals surface area contributed by atoms with Gasteiger partial charge in [-0.15, -0.1) is 0 Å². The highest BCUT2D eigenvalue weighted by molar-refractivity contribution is 5.69. The molecule has 0 heterocycles. The maximum Gasteiger partial charge on any atom is 0.305 e. The van der Waals surface area contributed by atoms with Crippen LogP contribution in [0.3, 0.4) is 0 Å². The van der Waals surface area contributed by atoms with Crippen LogP contribution < -0.4 is 0 Å². The maximum absolute atomic E-state index is 13.2. The summed E-state index contributed by atoms with van der Waals surface area (Å²) >= 11 is 0.